The number of allylic oxidation sites excluding steroid dienone is 1. The summed E-state index contributed by atoms with van der Waals surface area (Å²) in [7, 11) is 0. The predicted molar refractivity (Wildman–Crippen MR) is 124 cm³/mol. The van der Waals surface area contributed by atoms with E-state index >= 15 is 0 Å². The number of nitrogens with one attached hydrogen (secondary N) is 2. The number of benzene rings is 2. The van der Waals surface area contributed by atoms with Gasteiger partial charge in [0.2, 0.25) is 11.8 Å². The SMILES string of the molecule is CSc1ccc([C@H]2CC(=O)NC(SCC(=O)Nc3cc(Cl)cc(Cl)c3)=C2C#N)cc1. The molecule has 0 saturated heterocycles. The highest BCUT2D eigenvalue weighted by molar-refractivity contribution is 8.03. The van der Waals surface area contributed by atoms with Crippen molar-refractivity contribution in [3.63, 3.8) is 0 Å². The summed E-state index contributed by atoms with van der Waals surface area (Å²) in [6.07, 6.45) is 2.18. The van der Waals surface area contributed by atoms with Gasteiger partial charge < -0.3 is 10.6 Å². The first-order valence-electron chi connectivity index (χ1n) is 8.86. The van der Waals surface area contributed by atoms with Gasteiger partial charge in [-0.2, -0.15) is 5.26 Å². The maximum Gasteiger partial charge on any atom is 0.234 e. The van der Waals surface area contributed by atoms with Gasteiger partial charge in [-0.05, 0) is 42.2 Å². The molecule has 30 heavy (non-hydrogen) atoms. The summed E-state index contributed by atoms with van der Waals surface area (Å²) in [5.41, 5.74) is 1.83. The highest BCUT2D eigenvalue weighted by Crippen LogP contribution is 2.36. The van der Waals surface area contributed by atoms with Crippen molar-refractivity contribution in [3.8, 4) is 6.07 Å². The molecule has 3 rings (SSSR count). The smallest absolute Gasteiger partial charge is 0.234 e. The van der Waals surface area contributed by atoms with Gasteiger partial charge in [-0.25, -0.2) is 0 Å². The van der Waals surface area contributed by atoms with E-state index in [2.05, 4.69) is 16.7 Å². The Morgan fingerprint density at radius 2 is 1.90 bits per heavy atom. The number of hydrogen-bond donors (Lipinski definition) is 2. The minimum atomic E-state index is -0.336. The minimum Gasteiger partial charge on any atom is -0.325 e. The second-order valence-electron chi connectivity index (χ2n) is 6.43. The van der Waals surface area contributed by atoms with Crippen LogP contribution in [-0.2, 0) is 9.59 Å². The topological polar surface area (TPSA) is 82.0 Å². The minimum absolute atomic E-state index is 0.0169. The Hall–Kier alpha value is -2.11. The summed E-state index contributed by atoms with van der Waals surface area (Å²) in [4.78, 5) is 25.7. The van der Waals surface area contributed by atoms with Crippen molar-refractivity contribution in [2.45, 2.75) is 17.2 Å². The van der Waals surface area contributed by atoms with Crippen LogP contribution in [0.25, 0.3) is 0 Å². The lowest BCUT2D eigenvalue weighted by Gasteiger charge is -2.25. The predicted octanol–water partition coefficient (Wildman–Crippen LogP) is 5.43. The third-order valence-corrected chi connectivity index (χ3v) is 6.57. The van der Waals surface area contributed by atoms with Gasteiger partial charge in [0.1, 0.15) is 0 Å². The average molecular weight is 478 g/mol. The zero-order chi connectivity index (χ0) is 21.7. The number of hydrogen-bond acceptors (Lipinski definition) is 5. The molecule has 0 radical (unpaired) electrons. The quantitative estimate of drug-likeness (QED) is 0.542. The van der Waals surface area contributed by atoms with Gasteiger partial charge in [0.05, 0.1) is 22.4 Å². The number of rotatable bonds is 6. The van der Waals surface area contributed by atoms with Crippen molar-refractivity contribution in [2.24, 2.45) is 0 Å². The molecule has 2 aromatic rings. The van der Waals surface area contributed by atoms with E-state index in [1.807, 2.05) is 30.5 Å². The van der Waals surface area contributed by atoms with E-state index in [-0.39, 0.29) is 29.9 Å². The van der Waals surface area contributed by atoms with Crippen molar-refractivity contribution < 1.29 is 9.59 Å². The molecule has 1 aliphatic heterocycles. The highest BCUT2D eigenvalue weighted by Gasteiger charge is 2.29. The number of thioether (sulfide) groups is 2. The van der Waals surface area contributed by atoms with E-state index in [9.17, 15) is 14.9 Å². The van der Waals surface area contributed by atoms with Crippen molar-refractivity contribution in [1.29, 1.82) is 5.26 Å². The summed E-state index contributed by atoms with van der Waals surface area (Å²) in [5, 5.41) is 16.4. The molecule has 154 valence electrons. The van der Waals surface area contributed by atoms with Crippen LogP contribution >= 0.6 is 46.7 Å². The Morgan fingerprint density at radius 3 is 2.50 bits per heavy atom. The largest absolute Gasteiger partial charge is 0.325 e. The van der Waals surface area contributed by atoms with Gasteiger partial charge >= 0.3 is 0 Å². The van der Waals surface area contributed by atoms with E-state index in [4.69, 9.17) is 23.2 Å². The average Bonchev–Trinajstić information content (AvgIpc) is 2.71. The fraction of sp³-hybridized carbons (Fsp3) is 0.190. The summed E-state index contributed by atoms with van der Waals surface area (Å²) >= 11 is 14.6. The van der Waals surface area contributed by atoms with Crippen LogP contribution in [0.15, 0.2) is 58.0 Å². The maximum absolute atomic E-state index is 12.3. The van der Waals surface area contributed by atoms with Crippen molar-refractivity contribution in [1.82, 2.24) is 5.32 Å². The molecule has 1 atom stereocenters. The monoisotopic (exact) mass is 477 g/mol. The Morgan fingerprint density at radius 1 is 1.23 bits per heavy atom. The van der Waals surface area contributed by atoms with E-state index in [1.165, 1.54) is 0 Å². The molecule has 0 fully saturated rings. The molecule has 9 heteroatoms. The van der Waals surface area contributed by atoms with Crippen LogP contribution in [0.5, 0.6) is 0 Å². The number of amides is 2. The zero-order valence-electron chi connectivity index (χ0n) is 15.9. The Bertz CT molecular complexity index is 1030. The number of halogens is 2. The first kappa shape index (κ1) is 22.6. The van der Waals surface area contributed by atoms with Crippen LogP contribution in [0.3, 0.4) is 0 Å². The van der Waals surface area contributed by atoms with Gasteiger partial charge in [-0.1, -0.05) is 47.1 Å². The van der Waals surface area contributed by atoms with Crippen molar-refractivity contribution in [3.05, 3.63) is 68.7 Å². The summed E-state index contributed by atoms with van der Waals surface area (Å²) in [6.45, 7) is 0. The van der Waals surface area contributed by atoms with Gasteiger partial charge in [-0.15, -0.1) is 11.8 Å². The zero-order valence-corrected chi connectivity index (χ0v) is 19.0. The molecule has 0 unspecified atom stereocenters. The van der Waals surface area contributed by atoms with Crippen LogP contribution in [-0.4, -0.2) is 23.8 Å². The van der Waals surface area contributed by atoms with Crippen LogP contribution < -0.4 is 10.6 Å². The van der Waals surface area contributed by atoms with Crippen LogP contribution in [0, 0.1) is 11.3 Å². The van der Waals surface area contributed by atoms with Crippen LogP contribution in [0.2, 0.25) is 10.0 Å². The van der Waals surface area contributed by atoms with Gasteiger partial charge in [0.25, 0.3) is 0 Å². The normalized spacial score (nSPS) is 16.1. The molecule has 0 saturated carbocycles. The number of anilines is 1. The van der Waals surface area contributed by atoms with Gasteiger partial charge in [-0.3, -0.25) is 9.59 Å². The van der Waals surface area contributed by atoms with Crippen molar-refractivity contribution >= 4 is 64.2 Å². The Balaban J connectivity index is 1.75. The molecule has 5 nitrogen and oxygen atoms in total. The third kappa shape index (κ3) is 5.73. The molecular formula is C21H17Cl2N3O2S2. The number of carbonyl (C=O) groups excluding carboxylic acids is 2. The molecule has 0 aliphatic carbocycles. The summed E-state index contributed by atoms with van der Waals surface area (Å²) in [5.74, 6) is -0.804. The third-order valence-electron chi connectivity index (χ3n) is 4.37. The molecule has 2 aromatic carbocycles. The molecule has 0 bridgehead atoms. The lowest BCUT2D eigenvalue weighted by Crippen LogP contribution is -2.31. The molecule has 2 amide bonds. The van der Waals surface area contributed by atoms with Gasteiger partial charge in [0, 0.05) is 33.0 Å². The Kier molecular flexibility index (Phi) is 7.73. The lowest BCUT2D eigenvalue weighted by molar-refractivity contribution is -0.121. The second-order valence-corrected chi connectivity index (χ2v) is 9.17. The number of nitriles is 1. The van der Waals surface area contributed by atoms with Crippen LogP contribution in [0.1, 0.15) is 17.9 Å². The molecule has 2 N–H and O–H groups in total. The fourth-order valence-electron chi connectivity index (χ4n) is 3.01. The van der Waals surface area contributed by atoms with Crippen LogP contribution in [0.4, 0.5) is 5.69 Å². The maximum atomic E-state index is 12.3. The van der Waals surface area contributed by atoms with Gasteiger partial charge in [0.15, 0.2) is 0 Å². The molecule has 0 spiro atoms. The Labute approximate surface area is 193 Å². The van der Waals surface area contributed by atoms with E-state index in [0.29, 0.717) is 26.3 Å². The molecular weight excluding hydrogens is 461 g/mol. The fourth-order valence-corrected chi connectivity index (χ4v) is 4.83. The lowest BCUT2D eigenvalue weighted by atomic mass is 9.87. The highest BCUT2D eigenvalue weighted by atomic mass is 35.5. The first-order valence-corrected chi connectivity index (χ1v) is 11.8. The second kappa shape index (κ2) is 10.3. The molecule has 1 heterocycles. The van der Waals surface area contributed by atoms with E-state index in [1.54, 1.807) is 30.0 Å². The molecule has 0 aromatic heterocycles. The summed E-state index contributed by atoms with van der Waals surface area (Å²) in [6, 6.07) is 14.8. The summed E-state index contributed by atoms with van der Waals surface area (Å²) < 4.78 is 0. The number of carbonyl (C=O) groups is 2. The number of nitrogens with zero attached hydrogens (tertiary/aromatic N) is 1. The molecule has 1 aliphatic rings. The van der Waals surface area contributed by atoms with E-state index in [0.717, 1.165) is 22.2 Å². The van der Waals surface area contributed by atoms with Crippen molar-refractivity contribution in [2.75, 3.05) is 17.3 Å². The standard InChI is InChI=1S/C21H17Cl2N3O2S2/c1-29-16-4-2-12(3-5-16)17-9-19(27)26-21(18(17)10-24)30-11-20(28)25-15-7-13(22)6-14(23)8-15/h2-8,17H,9,11H2,1H3,(H,25,28)(H,26,27)/t17-/m1/s1. The van der Waals surface area contributed by atoms with E-state index < -0.39 is 0 Å². The first-order chi connectivity index (χ1) is 14.4.